The predicted molar refractivity (Wildman–Crippen MR) is 59.6 cm³/mol. The van der Waals surface area contributed by atoms with Crippen molar-refractivity contribution in [2.45, 2.75) is 24.9 Å². The van der Waals surface area contributed by atoms with Gasteiger partial charge in [0.15, 0.2) is 5.60 Å². The van der Waals surface area contributed by atoms with Crippen LogP contribution in [-0.2, 0) is 15.1 Å². The molecule has 0 atom stereocenters. The minimum atomic E-state index is -0.425. The Bertz CT molecular complexity index is 332. The van der Waals surface area contributed by atoms with Crippen molar-refractivity contribution < 1.29 is 9.53 Å². The molecule has 0 amide bonds. The molecule has 0 spiro atoms. The lowest BCUT2D eigenvalue weighted by Crippen LogP contribution is -2.37. The Morgan fingerprint density at radius 3 is 2.71 bits per heavy atom. The Hall–Kier alpha value is -0.650. The largest absolute Gasteiger partial charge is 0.455 e. The Morgan fingerprint density at radius 1 is 1.50 bits per heavy atom. The summed E-state index contributed by atoms with van der Waals surface area (Å²) >= 11 is 2.20. The van der Waals surface area contributed by atoms with Crippen molar-refractivity contribution in [1.29, 1.82) is 0 Å². The highest BCUT2D eigenvalue weighted by Crippen LogP contribution is 2.43. The first-order chi connectivity index (χ1) is 6.77. The van der Waals surface area contributed by atoms with Crippen molar-refractivity contribution in [2.24, 2.45) is 0 Å². The predicted octanol–water partition coefficient (Wildman–Crippen LogP) is 2.24. The summed E-state index contributed by atoms with van der Waals surface area (Å²) < 4.78 is 6.24. The van der Waals surface area contributed by atoms with E-state index in [1.54, 1.807) is 6.20 Å². The van der Waals surface area contributed by atoms with Gasteiger partial charge in [-0.05, 0) is 54.0 Å². The quantitative estimate of drug-likeness (QED) is 0.635. The first-order valence-corrected chi connectivity index (χ1v) is 5.58. The van der Waals surface area contributed by atoms with Gasteiger partial charge >= 0.3 is 0 Å². The van der Waals surface area contributed by atoms with Gasteiger partial charge < -0.3 is 4.74 Å². The second-order valence-electron chi connectivity index (χ2n) is 3.42. The van der Waals surface area contributed by atoms with Crippen LogP contribution in [0.2, 0.25) is 0 Å². The molecule has 1 aliphatic rings. The molecule has 3 nitrogen and oxygen atoms in total. The van der Waals surface area contributed by atoms with Gasteiger partial charge in [0, 0.05) is 9.77 Å². The van der Waals surface area contributed by atoms with Crippen LogP contribution in [0, 0.1) is 3.57 Å². The van der Waals surface area contributed by atoms with E-state index in [0.717, 1.165) is 28.5 Å². The monoisotopic (exact) mass is 303 g/mol. The Morgan fingerprint density at radius 2 is 2.29 bits per heavy atom. The molecule has 1 heterocycles. The van der Waals surface area contributed by atoms with Gasteiger partial charge in [-0.1, -0.05) is 0 Å². The summed E-state index contributed by atoms with van der Waals surface area (Å²) in [4.78, 5) is 14.7. The van der Waals surface area contributed by atoms with E-state index in [2.05, 4.69) is 27.6 Å². The second-order valence-corrected chi connectivity index (χ2v) is 4.67. The lowest BCUT2D eigenvalue weighted by Gasteiger charge is -2.38. The molecule has 0 aliphatic heterocycles. The van der Waals surface area contributed by atoms with E-state index in [9.17, 15) is 4.79 Å². The van der Waals surface area contributed by atoms with Crippen LogP contribution in [0.15, 0.2) is 18.3 Å². The Labute approximate surface area is 96.0 Å². The van der Waals surface area contributed by atoms with E-state index >= 15 is 0 Å². The molecule has 2 rings (SSSR count). The lowest BCUT2D eigenvalue weighted by molar-refractivity contribution is -0.155. The molecule has 1 aromatic rings. The second kappa shape index (κ2) is 3.84. The van der Waals surface area contributed by atoms with Crippen LogP contribution in [0.25, 0.3) is 0 Å². The van der Waals surface area contributed by atoms with Crippen LogP contribution in [0.3, 0.4) is 0 Å². The minimum Gasteiger partial charge on any atom is -0.455 e. The molecule has 0 bridgehead atoms. The van der Waals surface area contributed by atoms with Crippen molar-refractivity contribution in [3.05, 3.63) is 27.6 Å². The third-order valence-electron chi connectivity index (χ3n) is 2.63. The molecule has 1 aromatic heterocycles. The number of carbonyl (C=O) groups is 1. The summed E-state index contributed by atoms with van der Waals surface area (Å²) in [5.74, 6) is 0. The van der Waals surface area contributed by atoms with Gasteiger partial charge in [0.05, 0.1) is 5.69 Å². The van der Waals surface area contributed by atoms with Crippen molar-refractivity contribution in [2.75, 3.05) is 0 Å². The van der Waals surface area contributed by atoms with Crippen LogP contribution >= 0.6 is 22.6 Å². The summed E-state index contributed by atoms with van der Waals surface area (Å²) in [6.07, 6.45) is 4.67. The zero-order valence-corrected chi connectivity index (χ0v) is 9.73. The number of halogens is 1. The van der Waals surface area contributed by atoms with Crippen LogP contribution in [0.1, 0.15) is 25.0 Å². The molecule has 1 saturated carbocycles. The third kappa shape index (κ3) is 1.63. The Balaban J connectivity index is 2.27. The summed E-state index contributed by atoms with van der Waals surface area (Å²) in [5.41, 5.74) is 0.447. The van der Waals surface area contributed by atoms with E-state index < -0.39 is 5.60 Å². The number of rotatable bonds is 3. The molecule has 1 aliphatic carbocycles. The van der Waals surface area contributed by atoms with E-state index in [1.807, 2.05) is 12.1 Å². The van der Waals surface area contributed by atoms with Crippen molar-refractivity contribution in [3.8, 4) is 0 Å². The van der Waals surface area contributed by atoms with E-state index in [1.165, 1.54) is 0 Å². The molecular formula is C10H10INO2. The first kappa shape index (κ1) is 9.89. The number of nitrogens with zero attached hydrogens (tertiary/aromatic N) is 1. The van der Waals surface area contributed by atoms with Crippen LogP contribution in [0.5, 0.6) is 0 Å². The molecule has 14 heavy (non-hydrogen) atoms. The maximum Gasteiger partial charge on any atom is 0.294 e. The number of aromatic nitrogens is 1. The molecule has 0 aromatic carbocycles. The first-order valence-electron chi connectivity index (χ1n) is 4.50. The van der Waals surface area contributed by atoms with Crippen LogP contribution in [-0.4, -0.2) is 11.5 Å². The summed E-state index contributed by atoms with van der Waals surface area (Å²) in [6, 6.07) is 3.92. The summed E-state index contributed by atoms with van der Waals surface area (Å²) in [6.45, 7) is 0.527. The molecular weight excluding hydrogens is 293 g/mol. The van der Waals surface area contributed by atoms with Gasteiger partial charge in [0.2, 0.25) is 0 Å². The topological polar surface area (TPSA) is 39.2 Å². The van der Waals surface area contributed by atoms with Gasteiger partial charge in [-0.25, -0.2) is 0 Å². The fourth-order valence-electron chi connectivity index (χ4n) is 1.67. The van der Waals surface area contributed by atoms with E-state index in [-0.39, 0.29) is 0 Å². The fraction of sp³-hybridized carbons (Fsp3) is 0.400. The molecule has 0 saturated heterocycles. The van der Waals surface area contributed by atoms with Gasteiger partial charge in [0.1, 0.15) is 0 Å². The number of carbonyl (C=O) groups excluding carboxylic acids is 1. The maximum absolute atomic E-state index is 10.4. The maximum atomic E-state index is 10.4. The van der Waals surface area contributed by atoms with Crippen LogP contribution in [0.4, 0.5) is 0 Å². The highest BCUT2D eigenvalue weighted by Gasteiger charge is 2.42. The zero-order valence-electron chi connectivity index (χ0n) is 7.57. The van der Waals surface area contributed by atoms with Crippen molar-refractivity contribution in [3.63, 3.8) is 0 Å². The third-order valence-corrected chi connectivity index (χ3v) is 3.27. The minimum absolute atomic E-state index is 0.425. The highest BCUT2D eigenvalue weighted by molar-refractivity contribution is 14.1. The summed E-state index contributed by atoms with van der Waals surface area (Å²) in [7, 11) is 0. The lowest BCUT2D eigenvalue weighted by atomic mass is 9.77. The van der Waals surface area contributed by atoms with Crippen molar-refractivity contribution in [1.82, 2.24) is 4.98 Å². The molecule has 4 heteroatoms. The molecule has 74 valence electrons. The van der Waals surface area contributed by atoms with Crippen LogP contribution < -0.4 is 0 Å². The average molecular weight is 303 g/mol. The molecule has 0 unspecified atom stereocenters. The number of hydrogen-bond acceptors (Lipinski definition) is 3. The van der Waals surface area contributed by atoms with Gasteiger partial charge in [-0.2, -0.15) is 0 Å². The molecule has 1 fully saturated rings. The van der Waals surface area contributed by atoms with Gasteiger partial charge in [0.25, 0.3) is 6.47 Å². The number of hydrogen-bond donors (Lipinski definition) is 0. The number of pyridine rings is 1. The van der Waals surface area contributed by atoms with E-state index in [0.29, 0.717) is 6.47 Å². The standard InChI is InChI=1S/C10H10INO2/c11-8-2-3-9(12-6-8)10(14-7-13)4-1-5-10/h2-3,6-7H,1,4-5H2. The van der Waals surface area contributed by atoms with Gasteiger partial charge in [-0.3, -0.25) is 9.78 Å². The normalized spacial score (nSPS) is 18.4. The molecule has 0 N–H and O–H groups in total. The number of ether oxygens (including phenoxy) is 1. The highest BCUT2D eigenvalue weighted by atomic mass is 127. The zero-order chi connectivity index (χ0) is 10.0. The smallest absolute Gasteiger partial charge is 0.294 e. The molecule has 0 radical (unpaired) electrons. The SMILES string of the molecule is O=COC1(c2ccc(I)cn2)CCC1. The summed E-state index contributed by atoms with van der Waals surface area (Å²) in [5, 5.41) is 0. The van der Waals surface area contributed by atoms with Crippen molar-refractivity contribution >= 4 is 29.1 Å². The Kier molecular flexibility index (Phi) is 2.71. The fourth-order valence-corrected chi connectivity index (χ4v) is 1.99. The van der Waals surface area contributed by atoms with E-state index in [4.69, 9.17) is 4.74 Å². The van der Waals surface area contributed by atoms with Gasteiger partial charge in [-0.15, -0.1) is 0 Å². The average Bonchev–Trinajstić information content (AvgIpc) is 2.13.